The van der Waals surface area contributed by atoms with Gasteiger partial charge < -0.3 is 14.8 Å². The van der Waals surface area contributed by atoms with Gasteiger partial charge in [0.25, 0.3) is 0 Å². The standard InChI is InChI=1S/C18H22N2O5S/c1-12-5-7-14(11-17(12)26(22,23)19-2)20-18(21)10-13-6-8-15(24-3)16(9-13)25-4/h5-9,11,19H,10H2,1-4H3,(H,20,21). The number of amides is 1. The maximum atomic E-state index is 12.3. The molecule has 2 aromatic carbocycles. The van der Waals surface area contributed by atoms with Crippen LogP contribution in [-0.2, 0) is 21.2 Å². The molecule has 140 valence electrons. The van der Waals surface area contributed by atoms with E-state index in [9.17, 15) is 13.2 Å². The summed E-state index contributed by atoms with van der Waals surface area (Å²) in [4.78, 5) is 12.4. The summed E-state index contributed by atoms with van der Waals surface area (Å²) in [5.74, 6) is 0.849. The molecule has 8 heteroatoms. The Bertz CT molecular complexity index is 910. The van der Waals surface area contributed by atoms with Gasteiger partial charge in [0.1, 0.15) is 0 Å². The van der Waals surface area contributed by atoms with Crippen molar-refractivity contribution in [3.63, 3.8) is 0 Å². The van der Waals surface area contributed by atoms with Crippen molar-refractivity contribution < 1.29 is 22.7 Å². The average Bonchev–Trinajstić information content (AvgIpc) is 2.62. The van der Waals surface area contributed by atoms with Crippen molar-refractivity contribution in [3.8, 4) is 11.5 Å². The maximum Gasteiger partial charge on any atom is 0.240 e. The average molecular weight is 378 g/mol. The van der Waals surface area contributed by atoms with Gasteiger partial charge in [-0.05, 0) is 49.4 Å². The molecule has 26 heavy (non-hydrogen) atoms. The van der Waals surface area contributed by atoms with E-state index in [-0.39, 0.29) is 17.2 Å². The van der Waals surface area contributed by atoms with Crippen molar-refractivity contribution >= 4 is 21.6 Å². The van der Waals surface area contributed by atoms with Crippen molar-refractivity contribution in [2.24, 2.45) is 0 Å². The van der Waals surface area contributed by atoms with Crippen LogP contribution in [0.2, 0.25) is 0 Å². The number of methoxy groups -OCH3 is 2. The third-order valence-corrected chi connectivity index (χ3v) is 5.40. The highest BCUT2D eigenvalue weighted by Gasteiger charge is 2.16. The first-order chi connectivity index (χ1) is 12.3. The quantitative estimate of drug-likeness (QED) is 0.770. The fourth-order valence-corrected chi connectivity index (χ4v) is 3.45. The normalized spacial score (nSPS) is 11.1. The number of ether oxygens (including phenoxy) is 2. The molecule has 7 nitrogen and oxygen atoms in total. The number of carbonyl (C=O) groups is 1. The third-order valence-electron chi connectivity index (χ3n) is 3.84. The van der Waals surface area contributed by atoms with Crippen LogP contribution in [-0.4, -0.2) is 35.6 Å². The minimum Gasteiger partial charge on any atom is -0.493 e. The number of hydrogen-bond donors (Lipinski definition) is 2. The van der Waals surface area contributed by atoms with Gasteiger partial charge in [-0.3, -0.25) is 4.79 Å². The largest absolute Gasteiger partial charge is 0.493 e. The van der Waals surface area contributed by atoms with Gasteiger partial charge in [-0.1, -0.05) is 12.1 Å². The minimum atomic E-state index is -3.59. The van der Waals surface area contributed by atoms with E-state index in [0.29, 0.717) is 22.7 Å². The first-order valence-electron chi connectivity index (χ1n) is 7.85. The van der Waals surface area contributed by atoms with Crippen LogP contribution in [0.25, 0.3) is 0 Å². The zero-order valence-electron chi connectivity index (χ0n) is 15.1. The smallest absolute Gasteiger partial charge is 0.240 e. The molecule has 0 atom stereocenters. The second-order valence-corrected chi connectivity index (χ2v) is 7.46. The highest BCUT2D eigenvalue weighted by atomic mass is 32.2. The summed E-state index contributed by atoms with van der Waals surface area (Å²) < 4.78 is 36.7. The predicted molar refractivity (Wildman–Crippen MR) is 99.3 cm³/mol. The zero-order valence-corrected chi connectivity index (χ0v) is 15.9. The molecule has 0 bridgehead atoms. The highest BCUT2D eigenvalue weighted by Crippen LogP contribution is 2.28. The maximum absolute atomic E-state index is 12.3. The predicted octanol–water partition coefficient (Wildman–Crippen LogP) is 2.10. The molecule has 2 aromatic rings. The Labute approximate surface area is 153 Å². The molecule has 0 heterocycles. The summed E-state index contributed by atoms with van der Waals surface area (Å²) in [6.07, 6.45) is 0.113. The van der Waals surface area contributed by atoms with E-state index in [0.717, 1.165) is 5.56 Å². The number of anilines is 1. The van der Waals surface area contributed by atoms with Crippen LogP contribution < -0.4 is 19.5 Å². The number of hydrogen-bond acceptors (Lipinski definition) is 5. The van der Waals surface area contributed by atoms with Crippen LogP contribution >= 0.6 is 0 Å². The van der Waals surface area contributed by atoms with Crippen molar-refractivity contribution in [1.29, 1.82) is 0 Å². The van der Waals surface area contributed by atoms with Gasteiger partial charge in [-0.15, -0.1) is 0 Å². The Morgan fingerprint density at radius 3 is 2.35 bits per heavy atom. The molecule has 0 saturated heterocycles. The van der Waals surface area contributed by atoms with Crippen molar-refractivity contribution in [1.82, 2.24) is 4.72 Å². The second kappa shape index (κ2) is 8.20. The van der Waals surface area contributed by atoms with Crippen LogP contribution in [0.15, 0.2) is 41.3 Å². The van der Waals surface area contributed by atoms with Crippen molar-refractivity contribution in [2.45, 2.75) is 18.2 Å². The molecule has 0 spiro atoms. The van der Waals surface area contributed by atoms with E-state index in [2.05, 4.69) is 10.0 Å². The molecule has 0 aliphatic heterocycles. The van der Waals surface area contributed by atoms with Gasteiger partial charge in [0.05, 0.1) is 25.5 Å². The summed E-state index contributed by atoms with van der Waals surface area (Å²) >= 11 is 0. The molecule has 0 aliphatic carbocycles. The number of rotatable bonds is 7. The lowest BCUT2D eigenvalue weighted by Gasteiger charge is -2.11. The number of nitrogens with one attached hydrogen (secondary N) is 2. The fourth-order valence-electron chi connectivity index (χ4n) is 2.46. The van der Waals surface area contributed by atoms with Gasteiger partial charge in [0.2, 0.25) is 15.9 Å². The number of carbonyl (C=O) groups excluding carboxylic acids is 1. The molecule has 2 rings (SSSR count). The van der Waals surface area contributed by atoms with E-state index in [1.807, 2.05) is 0 Å². The first-order valence-corrected chi connectivity index (χ1v) is 9.34. The summed E-state index contributed by atoms with van der Waals surface area (Å²) in [5, 5.41) is 2.72. The Balaban J connectivity index is 2.17. The van der Waals surface area contributed by atoms with E-state index >= 15 is 0 Å². The Morgan fingerprint density at radius 2 is 1.73 bits per heavy atom. The van der Waals surface area contributed by atoms with Crippen LogP contribution in [0, 0.1) is 6.92 Å². The highest BCUT2D eigenvalue weighted by molar-refractivity contribution is 7.89. The van der Waals surface area contributed by atoms with Gasteiger partial charge in [-0.25, -0.2) is 13.1 Å². The van der Waals surface area contributed by atoms with E-state index in [4.69, 9.17) is 9.47 Å². The first kappa shape index (κ1) is 19.7. The molecule has 0 aromatic heterocycles. The Hall–Kier alpha value is -2.58. The molecule has 0 saturated carbocycles. The third kappa shape index (κ3) is 4.53. The van der Waals surface area contributed by atoms with E-state index < -0.39 is 10.0 Å². The number of benzene rings is 2. The van der Waals surface area contributed by atoms with Gasteiger partial charge in [0, 0.05) is 5.69 Å². The molecule has 0 fully saturated rings. The lowest BCUT2D eigenvalue weighted by molar-refractivity contribution is -0.115. The molecule has 0 radical (unpaired) electrons. The van der Waals surface area contributed by atoms with Gasteiger partial charge >= 0.3 is 0 Å². The van der Waals surface area contributed by atoms with Crippen LogP contribution in [0.1, 0.15) is 11.1 Å². The molecule has 1 amide bonds. The molecule has 0 aliphatic rings. The summed E-state index contributed by atoms with van der Waals surface area (Å²) in [7, 11) is 0.815. The van der Waals surface area contributed by atoms with Crippen LogP contribution in [0.3, 0.4) is 0 Å². The monoisotopic (exact) mass is 378 g/mol. The number of aryl methyl sites for hydroxylation is 1. The van der Waals surface area contributed by atoms with Gasteiger partial charge in [-0.2, -0.15) is 0 Å². The molecule has 0 unspecified atom stereocenters. The summed E-state index contributed by atoms with van der Waals surface area (Å²) in [5.41, 5.74) is 1.75. The fraction of sp³-hybridized carbons (Fsp3) is 0.278. The van der Waals surface area contributed by atoms with Crippen molar-refractivity contribution in [3.05, 3.63) is 47.5 Å². The molecular weight excluding hydrogens is 356 g/mol. The van der Waals surface area contributed by atoms with Gasteiger partial charge in [0.15, 0.2) is 11.5 Å². The summed E-state index contributed by atoms with van der Waals surface area (Å²) in [6, 6.07) is 9.97. The Kier molecular flexibility index (Phi) is 6.23. The lowest BCUT2D eigenvalue weighted by atomic mass is 10.1. The second-order valence-electron chi connectivity index (χ2n) is 5.60. The SMILES string of the molecule is CNS(=O)(=O)c1cc(NC(=O)Cc2ccc(OC)c(OC)c2)ccc1C. The van der Waals surface area contributed by atoms with E-state index in [1.54, 1.807) is 44.4 Å². The van der Waals surface area contributed by atoms with Crippen LogP contribution in [0.4, 0.5) is 5.69 Å². The van der Waals surface area contributed by atoms with Crippen LogP contribution in [0.5, 0.6) is 11.5 Å². The summed E-state index contributed by atoms with van der Waals surface area (Å²) in [6.45, 7) is 1.69. The molecule has 2 N–H and O–H groups in total. The van der Waals surface area contributed by atoms with E-state index in [1.165, 1.54) is 20.2 Å². The molecular formula is C18H22N2O5S. The topological polar surface area (TPSA) is 93.7 Å². The minimum absolute atomic E-state index is 0.113. The zero-order chi connectivity index (χ0) is 19.3. The number of sulfonamides is 1. The van der Waals surface area contributed by atoms with Crippen molar-refractivity contribution in [2.75, 3.05) is 26.6 Å². The lowest BCUT2D eigenvalue weighted by Crippen LogP contribution is -2.20. The Morgan fingerprint density at radius 1 is 1.04 bits per heavy atom.